The maximum Gasteiger partial charge on any atom is 0.264 e. The van der Waals surface area contributed by atoms with Crippen LogP contribution in [0.15, 0.2) is 6.07 Å². The maximum atomic E-state index is 13.2. The van der Waals surface area contributed by atoms with Crippen LogP contribution < -0.4 is 0 Å². The molecule has 0 N–H and O–H groups in total. The third-order valence-electron chi connectivity index (χ3n) is 1.87. The van der Waals surface area contributed by atoms with E-state index in [4.69, 9.17) is 23.2 Å². The maximum absolute atomic E-state index is 13.2. The summed E-state index contributed by atoms with van der Waals surface area (Å²) in [6.07, 6.45) is -0.378. The fraction of sp³-hybridized carbons (Fsp3) is 0.333. The van der Waals surface area contributed by atoms with E-state index in [-0.39, 0.29) is 5.56 Å². The van der Waals surface area contributed by atoms with Gasteiger partial charge in [0.15, 0.2) is 0 Å². The van der Waals surface area contributed by atoms with Gasteiger partial charge in [-0.3, -0.25) is 4.18 Å². The van der Waals surface area contributed by atoms with Crippen LogP contribution in [0, 0.1) is 11.6 Å². The fourth-order valence-corrected chi connectivity index (χ4v) is 2.53. The van der Waals surface area contributed by atoms with Crippen molar-refractivity contribution >= 4 is 33.3 Å². The number of hydrogen-bond donors (Lipinski definition) is 0. The number of halogens is 4. The predicted octanol–water partition coefficient (Wildman–Crippen LogP) is 3.31. The van der Waals surface area contributed by atoms with E-state index >= 15 is 0 Å². The van der Waals surface area contributed by atoms with Crippen LogP contribution in [0.3, 0.4) is 0 Å². The van der Waals surface area contributed by atoms with Crippen molar-refractivity contribution in [1.82, 2.24) is 0 Å². The molecule has 3 nitrogen and oxygen atoms in total. The zero-order valence-electron chi connectivity index (χ0n) is 8.80. The summed E-state index contributed by atoms with van der Waals surface area (Å²) in [5, 5.41) is -0.930. The van der Waals surface area contributed by atoms with Gasteiger partial charge < -0.3 is 0 Å². The first-order valence-corrected chi connectivity index (χ1v) is 6.92. The number of benzene rings is 1. The second kappa shape index (κ2) is 5.06. The van der Waals surface area contributed by atoms with Crippen molar-refractivity contribution in [3.63, 3.8) is 0 Å². The monoisotopic (exact) mass is 304 g/mol. The molecule has 0 amide bonds. The van der Waals surface area contributed by atoms with Crippen LogP contribution in [0.2, 0.25) is 10.0 Å². The van der Waals surface area contributed by atoms with Gasteiger partial charge in [0.25, 0.3) is 10.1 Å². The molecule has 1 aromatic carbocycles. The first-order valence-electron chi connectivity index (χ1n) is 4.34. The second-order valence-electron chi connectivity index (χ2n) is 3.32. The lowest BCUT2D eigenvalue weighted by Crippen LogP contribution is -2.09. The van der Waals surface area contributed by atoms with E-state index in [1.807, 2.05) is 0 Å². The summed E-state index contributed by atoms with van der Waals surface area (Å²) in [4.78, 5) is 0. The van der Waals surface area contributed by atoms with E-state index in [1.54, 1.807) is 0 Å². The van der Waals surface area contributed by atoms with Gasteiger partial charge in [-0.15, -0.1) is 0 Å². The van der Waals surface area contributed by atoms with Crippen LogP contribution >= 0.6 is 23.2 Å². The number of hydrogen-bond acceptors (Lipinski definition) is 3. The normalized spacial score (nSPS) is 13.8. The molecule has 0 saturated carbocycles. The molecule has 0 heterocycles. The molecule has 0 saturated heterocycles. The standard InChI is InChI=1S/C9H8Cl2F2O3S/c1-4(16-17(2,14)15)7-8(10)5(12)3-6(13)9(7)11/h3-4H,1-2H3. The molecule has 1 unspecified atom stereocenters. The zero-order valence-corrected chi connectivity index (χ0v) is 11.1. The van der Waals surface area contributed by atoms with Crippen LogP contribution in [0.5, 0.6) is 0 Å². The molecule has 1 rings (SSSR count). The minimum absolute atomic E-state index is 0.240. The zero-order chi connectivity index (χ0) is 13.4. The topological polar surface area (TPSA) is 43.4 Å². The summed E-state index contributed by atoms with van der Waals surface area (Å²) in [6.45, 7) is 1.27. The van der Waals surface area contributed by atoms with Crippen molar-refractivity contribution in [2.75, 3.05) is 6.26 Å². The number of rotatable bonds is 3. The Labute approximate surface area is 107 Å². The molecule has 0 radical (unpaired) electrons. The third-order valence-corrected chi connectivity index (χ3v) is 3.28. The van der Waals surface area contributed by atoms with Crippen molar-refractivity contribution in [2.45, 2.75) is 13.0 Å². The largest absolute Gasteiger partial charge is 0.264 e. The SMILES string of the molecule is CC(OS(C)(=O)=O)c1c(Cl)c(F)cc(F)c1Cl. The van der Waals surface area contributed by atoms with Gasteiger partial charge in [0.1, 0.15) is 17.7 Å². The highest BCUT2D eigenvalue weighted by atomic mass is 35.5. The van der Waals surface area contributed by atoms with E-state index in [0.29, 0.717) is 6.07 Å². The Bertz CT molecular complexity index is 519. The molecule has 0 spiro atoms. The van der Waals surface area contributed by atoms with Crippen LogP contribution in [0.4, 0.5) is 8.78 Å². The van der Waals surface area contributed by atoms with Crippen LogP contribution in [-0.2, 0) is 14.3 Å². The molecular weight excluding hydrogens is 297 g/mol. The van der Waals surface area contributed by atoms with Crippen molar-refractivity contribution < 1.29 is 21.4 Å². The van der Waals surface area contributed by atoms with E-state index in [0.717, 1.165) is 6.26 Å². The Morgan fingerprint density at radius 2 is 1.65 bits per heavy atom. The second-order valence-corrected chi connectivity index (χ2v) is 5.68. The summed E-state index contributed by atoms with van der Waals surface area (Å²) < 4.78 is 52.7. The summed E-state index contributed by atoms with van der Waals surface area (Å²) in [5.41, 5.74) is -0.240. The van der Waals surface area contributed by atoms with Gasteiger partial charge in [-0.2, -0.15) is 8.42 Å². The summed E-state index contributed by atoms with van der Waals surface area (Å²) in [5.74, 6) is -2.07. The molecule has 0 fully saturated rings. The Morgan fingerprint density at radius 3 is 2.00 bits per heavy atom. The highest BCUT2D eigenvalue weighted by molar-refractivity contribution is 7.86. The van der Waals surface area contributed by atoms with Gasteiger partial charge in [0, 0.05) is 11.6 Å². The average molecular weight is 305 g/mol. The Balaban J connectivity index is 3.31. The highest BCUT2D eigenvalue weighted by Gasteiger charge is 2.23. The summed E-state index contributed by atoms with van der Waals surface area (Å²) in [6, 6.07) is 0.515. The van der Waals surface area contributed by atoms with Crippen LogP contribution in [-0.4, -0.2) is 14.7 Å². The molecule has 0 aliphatic carbocycles. The molecule has 0 aliphatic rings. The van der Waals surface area contributed by atoms with Crippen molar-refractivity contribution in [3.8, 4) is 0 Å². The van der Waals surface area contributed by atoms with Gasteiger partial charge in [0.05, 0.1) is 16.3 Å². The quantitative estimate of drug-likeness (QED) is 0.635. The Kier molecular flexibility index (Phi) is 4.35. The summed E-state index contributed by atoms with van der Waals surface area (Å²) in [7, 11) is -3.79. The van der Waals surface area contributed by atoms with Crippen molar-refractivity contribution in [3.05, 3.63) is 33.3 Å². The first-order chi connectivity index (χ1) is 7.63. The van der Waals surface area contributed by atoms with Gasteiger partial charge in [-0.05, 0) is 6.92 Å². The lowest BCUT2D eigenvalue weighted by Gasteiger charge is -2.15. The third kappa shape index (κ3) is 3.51. The molecule has 1 aromatic rings. The molecule has 0 aliphatic heterocycles. The molecular formula is C9H8Cl2F2O3S. The molecule has 8 heteroatoms. The Hall–Kier alpha value is -0.430. The molecule has 17 heavy (non-hydrogen) atoms. The minimum atomic E-state index is -3.79. The first kappa shape index (κ1) is 14.6. The van der Waals surface area contributed by atoms with Gasteiger partial charge in [0.2, 0.25) is 0 Å². The van der Waals surface area contributed by atoms with Crippen molar-refractivity contribution in [1.29, 1.82) is 0 Å². The summed E-state index contributed by atoms with van der Waals surface area (Å²) >= 11 is 11.2. The van der Waals surface area contributed by atoms with E-state index in [2.05, 4.69) is 4.18 Å². The molecule has 0 aromatic heterocycles. The van der Waals surface area contributed by atoms with Crippen LogP contribution in [0.1, 0.15) is 18.6 Å². The lowest BCUT2D eigenvalue weighted by molar-refractivity contribution is 0.236. The Morgan fingerprint density at radius 1 is 1.24 bits per heavy atom. The van der Waals surface area contributed by atoms with Gasteiger partial charge in [-0.1, -0.05) is 23.2 Å². The minimum Gasteiger partial charge on any atom is -0.262 e. The van der Waals surface area contributed by atoms with Crippen LogP contribution in [0.25, 0.3) is 0 Å². The fourth-order valence-electron chi connectivity index (χ4n) is 1.26. The average Bonchev–Trinajstić information content (AvgIpc) is 2.12. The molecule has 1 atom stereocenters. The highest BCUT2D eigenvalue weighted by Crippen LogP contribution is 2.36. The van der Waals surface area contributed by atoms with E-state index in [1.165, 1.54) is 6.92 Å². The molecule has 96 valence electrons. The van der Waals surface area contributed by atoms with Crippen molar-refractivity contribution in [2.24, 2.45) is 0 Å². The van der Waals surface area contributed by atoms with Gasteiger partial charge >= 0.3 is 0 Å². The van der Waals surface area contributed by atoms with E-state index < -0.39 is 37.9 Å². The lowest BCUT2D eigenvalue weighted by atomic mass is 10.1. The molecule has 0 bridgehead atoms. The predicted molar refractivity (Wildman–Crippen MR) is 60.7 cm³/mol. The smallest absolute Gasteiger partial charge is 0.262 e. The van der Waals surface area contributed by atoms with Gasteiger partial charge in [-0.25, -0.2) is 8.78 Å². The van der Waals surface area contributed by atoms with E-state index in [9.17, 15) is 17.2 Å².